The first-order valence-electron chi connectivity index (χ1n) is 16.3. The highest BCUT2D eigenvalue weighted by Crippen LogP contribution is 2.44. The number of piperazine rings is 1. The third-order valence-corrected chi connectivity index (χ3v) is 8.96. The first-order chi connectivity index (χ1) is 23.1. The normalized spacial score (nSPS) is 19.3. The van der Waals surface area contributed by atoms with E-state index in [2.05, 4.69) is 11.6 Å². The lowest BCUT2D eigenvalue weighted by atomic mass is 10.0. The van der Waals surface area contributed by atoms with Crippen LogP contribution in [-0.4, -0.2) is 68.5 Å². The SMILES string of the molecule is [2H]C([2H])([2H])N1C(=O)C[C@H]2CN(C(=O)C=C)[C@H](C)CN2c2c1c(=O)n(-c1c(C)ccnc1C(C)C)c1nc(-c3c(O)cccc3F)c(Cl)cc21. The topological polar surface area (TPSA) is 112 Å². The Bertz CT molecular complexity index is 2100. The summed E-state index contributed by atoms with van der Waals surface area (Å²) in [5.74, 6) is -2.66. The number of phenols is 1. The number of pyridine rings is 3. The van der Waals surface area contributed by atoms with Gasteiger partial charge in [0.25, 0.3) is 5.56 Å². The molecular formula is C34H34ClFN6O4. The van der Waals surface area contributed by atoms with Gasteiger partial charge in [-0.1, -0.05) is 38.1 Å². The summed E-state index contributed by atoms with van der Waals surface area (Å²) in [5, 5.41) is 10.8. The Morgan fingerprint density at radius 3 is 2.65 bits per heavy atom. The molecule has 0 radical (unpaired) electrons. The third kappa shape index (κ3) is 4.81. The molecule has 1 saturated heterocycles. The molecule has 1 aromatic carbocycles. The van der Waals surface area contributed by atoms with Crippen LogP contribution in [0.4, 0.5) is 15.8 Å². The zero-order chi connectivity index (χ0) is 35.7. The zero-order valence-electron chi connectivity index (χ0n) is 28.7. The molecule has 10 nitrogen and oxygen atoms in total. The molecule has 1 N–H and O–H groups in total. The van der Waals surface area contributed by atoms with Crippen LogP contribution in [0.25, 0.3) is 28.0 Å². The molecule has 3 aromatic heterocycles. The highest BCUT2D eigenvalue weighted by atomic mass is 35.5. The van der Waals surface area contributed by atoms with Crippen LogP contribution in [0.5, 0.6) is 5.75 Å². The predicted octanol–water partition coefficient (Wildman–Crippen LogP) is 5.34. The van der Waals surface area contributed by atoms with Gasteiger partial charge in [0.15, 0.2) is 5.65 Å². The number of aryl methyl sites for hydroxylation is 1. The maximum Gasteiger partial charge on any atom is 0.283 e. The number of phenolic OH excluding ortho intramolecular Hbond substituents is 1. The summed E-state index contributed by atoms with van der Waals surface area (Å²) in [7, 11) is 0. The van der Waals surface area contributed by atoms with Crippen molar-refractivity contribution in [2.75, 3.05) is 29.9 Å². The van der Waals surface area contributed by atoms with E-state index in [0.29, 0.717) is 21.8 Å². The minimum absolute atomic E-state index is 0.0281. The second kappa shape index (κ2) is 11.5. The Hall–Kier alpha value is -4.77. The molecule has 12 heteroatoms. The standard InChI is InChI=1S/C34H34ClFN6O4/c1-7-25(44)40-16-20-13-26(45)39(6)32-31(41(20)15-19(40)5)21-14-22(35)29(27-23(36)9-8-10-24(27)43)38-33(21)42(34(32)46)30-18(4)11-12-37-28(30)17(2)3/h7-12,14,17,19-20,43H,1,13,15-16H2,2-6H3/t19-,20+/m1/s1/i6D3. The van der Waals surface area contributed by atoms with E-state index in [1.807, 2.05) is 13.8 Å². The first-order valence-corrected chi connectivity index (χ1v) is 15.2. The van der Waals surface area contributed by atoms with Crippen molar-refractivity contribution in [1.82, 2.24) is 19.4 Å². The Labute approximate surface area is 274 Å². The van der Waals surface area contributed by atoms with Gasteiger partial charge in [-0.2, -0.15) is 0 Å². The van der Waals surface area contributed by atoms with Crippen molar-refractivity contribution in [2.45, 2.75) is 52.1 Å². The number of fused-ring (bicyclic) bond motifs is 5. The van der Waals surface area contributed by atoms with Crippen LogP contribution < -0.4 is 15.4 Å². The number of hydrogen-bond acceptors (Lipinski definition) is 7. The van der Waals surface area contributed by atoms with Crippen molar-refractivity contribution in [3.8, 4) is 22.7 Å². The lowest BCUT2D eigenvalue weighted by Gasteiger charge is -2.45. The van der Waals surface area contributed by atoms with E-state index >= 15 is 9.18 Å². The Balaban J connectivity index is 1.83. The summed E-state index contributed by atoms with van der Waals surface area (Å²) in [6.45, 7) is 7.97. The number of carbonyl (C=O) groups excluding carboxylic acids is 2. The lowest BCUT2D eigenvalue weighted by Crippen LogP contribution is -2.59. The van der Waals surface area contributed by atoms with E-state index in [-0.39, 0.29) is 64.3 Å². The van der Waals surface area contributed by atoms with Gasteiger partial charge in [0.05, 0.1) is 39.4 Å². The molecule has 2 aliphatic rings. The number of benzene rings is 1. The summed E-state index contributed by atoms with van der Waals surface area (Å²) in [5.41, 5.74) is -0.285. The van der Waals surface area contributed by atoms with Crippen LogP contribution in [0.1, 0.15) is 48.5 Å². The van der Waals surface area contributed by atoms with Gasteiger partial charge in [-0.25, -0.2) is 9.37 Å². The number of carbonyl (C=O) groups is 2. The summed E-state index contributed by atoms with van der Waals surface area (Å²) < 4.78 is 41.9. The number of rotatable bonds is 4. The average Bonchev–Trinajstić information content (AvgIpc) is 3.15. The van der Waals surface area contributed by atoms with E-state index in [1.54, 1.807) is 35.9 Å². The fourth-order valence-corrected chi connectivity index (χ4v) is 6.74. The molecule has 0 spiro atoms. The second-order valence-electron chi connectivity index (χ2n) is 12.0. The van der Waals surface area contributed by atoms with Gasteiger partial charge >= 0.3 is 0 Å². The monoisotopic (exact) mass is 647 g/mol. The Morgan fingerprint density at radius 2 is 1.98 bits per heavy atom. The van der Waals surface area contributed by atoms with Crippen molar-refractivity contribution in [3.05, 3.63) is 81.6 Å². The highest BCUT2D eigenvalue weighted by molar-refractivity contribution is 6.34. The largest absolute Gasteiger partial charge is 0.507 e. The summed E-state index contributed by atoms with van der Waals surface area (Å²) in [4.78, 5) is 55.1. The van der Waals surface area contributed by atoms with Crippen molar-refractivity contribution in [3.63, 3.8) is 0 Å². The van der Waals surface area contributed by atoms with Crippen LogP contribution in [-0.2, 0) is 9.59 Å². The molecule has 2 aliphatic heterocycles. The number of nitrogens with zero attached hydrogens (tertiary/aromatic N) is 6. The average molecular weight is 648 g/mol. The van der Waals surface area contributed by atoms with E-state index in [1.165, 1.54) is 28.8 Å². The minimum atomic E-state index is -3.09. The first kappa shape index (κ1) is 27.5. The van der Waals surface area contributed by atoms with Crippen molar-refractivity contribution >= 4 is 45.8 Å². The second-order valence-corrected chi connectivity index (χ2v) is 12.4. The Morgan fingerprint density at radius 1 is 1.22 bits per heavy atom. The molecule has 5 heterocycles. The Kier molecular flexibility index (Phi) is 6.91. The molecule has 0 saturated carbocycles. The number of amides is 2. The van der Waals surface area contributed by atoms with E-state index in [0.717, 1.165) is 6.07 Å². The van der Waals surface area contributed by atoms with Crippen molar-refractivity contribution < 1.29 is 23.2 Å². The van der Waals surface area contributed by atoms with Crippen LogP contribution in [0.2, 0.25) is 5.02 Å². The number of halogens is 2. The fraction of sp³-hybridized carbons (Fsp3) is 0.324. The molecule has 4 aromatic rings. The molecule has 2 atom stereocenters. The molecule has 2 amide bonds. The maximum absolute atomic E-state index is 15.3. The minimum Gasteiger partial charge on any atom is -0.507 e. The van der Waals surface area contributed by atoms with Crippen LogP contribution >= 0.6 is 11.6 Å². The number of anilines is 2. The van der Waals surface area contributed by atoms with Crippen LogP contribution in [0.15, 0.2) is 54.0 Å². The molecular weight excluding hydrogens is 611 g/mol. The zero-order valence-corrected chi connectivity index (χ0v) is 26.5. The number of aromatic hydroxyl groups is 1. The molecule has 46 heavy (non-hydrogen) atoms. The molecule has 0 unspecified atom stereocenters. The number of aromatic nitrogens is 3. The summed E-state index contributed by atoms with van der Waals surface area (Å²) in [6.07, 6.45) is 2.44. The summed E-state index contributed by atoms with van der Waals surface area (Å²) in [6, 6.07) is 5.69. The predicted molar refractivity (Wildman–Crippen MR) is 177 cm³/mol. The van der Waals surface area contributed by atoms with Gasteiger partial charge < -0.3 is 19.8 Å². The molecule has 0 aliphatic carbocycles. The van der Waals surface area contributed by atoms with Crippen LogP contribution in [0.3, 0.4) is 0 Å². The summed E-state index contributed by atoms with van der Waals surface area (Å²) >= 11 is 6.84. The van der Waals surface area contributed by atoms with Gasteiger partial charge in [-0.05, 0) is 55.7 Å². The molecule has 1 fully saturated rings. The van der Waals surface area contributed by atoms with Gasteiger partial charge in [-0.3, -0.25) is 23.9 Å². The van der Waals surface area contributed by atoms with Crippen molar-refractivity contribution in [1.29, 1.82) is 0 Å². The van der Waals surface area contributed by atoms with Gasteiger partial charge in [0, 0.05) is 48.2 Å². The molecule has 6 rings (SSSR count). The van der Waals surface area contributed by atoms with Crippen molar-refractivity contribution in [2.24, 2.45) is 0 Å². The molecule has 238 valence electrons. The quantitative estimate of drug-likeness (QED) is 0.298. The van der Waals surface area contributed by atoms with Gasteiger partial charge in [-0.15, -0.1) is 0 Å². The number of hydrogen-bond donors (Lipinski definition) is 1. The molecule has 0 bridgehead atoms. The van der Waals surface area contributed by atoms with E-state index < -0.39 is 47.8 Å². The smallest absolute Gasteiger partial charge is 0.283 e. The van der Waals surface area contributed by atoms with Gasteiger partial charge in [0.2, 0.25) is 11.8 Å². The third-order valence-electron chi connectivity index (χ3n) is 8.68. The van der Waals surface area contributed by atoms with Crippen LogP contribution in [0, 0.1) is 12.7 Å². The fourth-order valence-electron chi connectivity index (χ4n) is 6.49. The maximum atomic E-state index is 15.3. The highest BCUT2D eigenvalue weighted by Gasteiger charge is 2.42. The van der Waals surface area contributed by atoms with E-state index in [4.69, 9.17) is 20.7 Å². The van der Waals surface area contributed by atoms with Gasteiger partial charge in [0.1, 0.15) is 17.3 Å². The lowest BCUT2D eigenvalue weighted by molar-refractivity contribution is -0.129. The van der Waals surface area contributed by atoms with E-state index in [9.17, 15) is 14.7 Å².